The first-order chi connectivity index (χ1) is 13.6. The summed E-state index contributed by atoms with van der Waals surface area (Å²) in [7, 11) is 3.51. The summed E-state index contributed by atoms with van der Waals surface area (Å²) in [6, 6.07) is 17.0. The van der Waals surface area contributed by atoms with E-state index in [0.717, 1.165) is 50.9 Å². The smallest absolute Gasteiger partial charge is 0.191 e. The number of aliphatic imine (C=N–C) groups is 1. The number of hydrogen-bond donors (Lipinski definition) is 2. The van der Waals surface area contributed by atoms with Gasteiger partial charge in [-0.15, -0.1) is 24.0 Å². The van der Waals surface area contributed by atoms with Crippen LogP contribution in [0, 0.1) is 6.92 Å². The third-order valence-electron chi connectivity index (χ3n) is 5.55. The van der Waals surface area contributed by atoms with E-state index in [0.29, 0.717) is 0 Å². The van der Waals surface area contributed by atoms with Gasteiger partial charge in [-0.05, 0) is 43.0 Å². The van der Waals surface area contributed by atoms with Crippen LogP contribution in [0.4, 0.5) is 0 Å². The topological polar surface area (TPSA) is 54.9 Å². The molecule has 3 rings (SSSR count). The van der Waals surface area contributed by atoms with Crippen LogP contribution in [0.1, 0.15) is 29.5 Å². The van der Waals surface area contributed by atoms with Crippen LogP contribution in [0.25, 0.3) is 0 Å². The number of ether oxygens (including phenoxy) is 2. The van der Waals surface area contributed by atoms with E-state index < -0.39 is 0 Å². The van der Waals surface area contributed by atoms with E-state index in [2.05, 4.69) is 58.9 Å². The number of nitrogens with zero attached hydrogens (tertiary/aromatic N) is 1. The molecular formula is C23H32IN3O2. The molecule has 0 saturated carbocycles. The van der Waals surface area contributed by atoms with Gasteiger partial charge >= 0.3 is 0 Å². The maximum absolute atomic E-state index is 5.64. The highest BCUT2D eigenvalue weighted by molar-refractivity contribution is 14.0. The predicted molar refractivity (Wildman–Crippen MR) is 130 cm³/mol. The Morgan fingerprint density at radius 2 is 1.69 bits per heavy atom. The Bertz CT molecular complexity index is 770. The molecule has 6 heteroatoms. The molecule has 1 aliphatic rings. The summed E-state index contributed by atoms with van der Waals surface area (Å²) in [4.78, 5) is 4.40. The molecule has 0 atom stereocenters. The van der Waals surface area contributed by atoms with Crippen LogP contribution < -0.4 is 15.4 Å². The van der Waals surface area contributed by atoms with E-state index >= 15 is 0 Å². The number of halogens is 1. The van der Waals surface area contributed by atoms with Crippen molar-refractivity contribution in [1.82, 2.24) is 10.6 Å². The highest BCUT2D eigenvalue weighted by Gasteiger charge is 2.34. The van der Waals surface area contributed by atoms with Crippen LogP contribution in [-0.4, -0.2) is 39.9 Å². The Labute approximate surface area is 191 Å². The van der Waals surface area contributed by atoms with Gasteiger partial charge in [-0.2, -0.15) is 0 Å². The molecule has 5 nitrogen and oxygen atoms in total. The van der Waals surface area contributed by atoms with E-state index in [-0.39, 0.29) is 29.4 Å². The van der Waals surface area contributed by atoms with Gasteiger partial charge in [0, 0.05) is 38.8 Å². The van der Waals surface area contributed by atoms with Gasteiger partial charge in [0.1, 0.15) is 5.75 Å². The molecule has 2 aromatic carbocycles. The van der Waals surface area contributed by atoms with E-state index in [9.17, 15) is 0 Å². The lowest BCUT2D eigenvalue weighted by Gasteiger charge is -2.38. The quantitative estimate of drug-likeness (QED) is 0.351. The molecule has 0 bridgehead atoms. The Morgan fingerprint density at radius 1 is 1.03 bits per heavy atom. The minimum absolute atomic E-state index is 0. The number of nitrogens with one attached hydrogen (secondary N) is 2. The average Bonchev–Trinajstić information content (AvgIpc) is 2.76. The third-order valence-corrected chi connectivity index (χ3v) is 5.55. The second-order valence-electron chi connectivity index (χ2n) is 7.39. The number of aryl methyl sites for hydroxylation is 1. The highest BCUT2D eigenvalue weighted by Crippen LogP contribution is 2.35. The Morgan fingerprint density at radius 3 is 2.28 bits per heavy atom. The maximum atomic E-state index is 5.64. The van der Waals surface area contributed by atoms with Crippen molar-refractivity contribution in [3.05, 3.63) is 65.2 Å². The van der Waals surface area contributed by atoms with Gasteiger partial charge in [0.15, 0.2) is 5.96 Å². The van der Waals surface area contributed by atoms with Crippen molar-refractivity contribution in [2.75, 3.05) is 33.9 Å². The van der Waals surface area contributed by atoms with Crippen molar-refractivity contribution in [1.29, 1.82) is 0 Å². The number of benzene rings is 2. The Balaban J connectivity index is 0.00000300. The molecule has 0 radical (unpaired) electrons. The summed E-state index contributed by atoms with van der Waals surface area (Å²) >= 11 is 0. The lowest BCUT2D eigenvalue weighted by molar-refractivity contribution is 0.0513. The van der Waals surface area contributed by atoms with Crippen molar-refractivity contribution in [2.45, 2.75) is 31.7 Å². The molecule has 2 N–H and O–H groups in total. The molecule has 1 aliphatic heterocycles. The zero-order valence-electron chi connectivity index (χ0n) is 17.5. The van der Waals surface area contributed by atoms with Gasteiger partial charge < -0.3 is 20.1 Å². The normalized spacial score (nSPS) is 15.9. The second kappa shape index (κ2) is 11.4. The summed E-state index contributed by atoms with van der Waals surface area (Å²) in [6.07, 6.45) is 1.97. The average molecular weight is 509 g/mol. The first-order valence-electron chi connectivity index (χ1n) is 9.87. The fraction of sp³-hybridized carbons (Fsp3) is 0.435. The summed E-state index contributed by atoms with van der Waals surface area (Å²) in [5, 5.41) is 6.96. The van der Waals surface area contributed by atoms with Crippen LogP contribution in [0.15, 0.2) is 53.5 Å². The van der Waals surface area contributed by atoms with E-state index in [1.807, 2.05) is 19.2 Å². The molecule has 2 aromatic rings. The SMILES string of the molecule is CN=C(NCc1ccc(C)cc1)NCC1(c2ccc(OC)cc2)CCOCC1.I. The molecule has 1 saturated heterocycles. The van der Waals surface area contributed by atoms with Crippen LogP contribution in [0.5, 0.6) is 5.75 Å². The van der Waals surface area contributed by atoms with Gasteiger partial charge in [0.2, 0.25) is 0 Å². The molecule has 29 heavy (non-hydrogen) atoms. The molecule has 158 valence electrons. The Kier molecular flexibility index (Phi) is 9.23. The van der Waals surface area contributed by atoms with E-state index in [4.69, 9.17) is 9.47 Å². The molecule has 0 unspecified atom stereocenters. The number of rotatable bonds is 6. The van der Waals surface area contributed by atoms with Crippen LogP contribution in [-0.2, 0) is 16.7 Å². The van der Waals surface area contributed by atoms with Crippen molar-refractivity contribution in [2.24, 2.45) is 4.99 Å². The number of hydrogen-bond acceptors (Lipinski definition) is 3. The molecule has 1 fully saturated rings. The number of methoxy groups -OCH3 is 1. The minimum Gasteiger partial charge on any atom is -0.497 e. The summed E-state index contributed by atoms with van der Waals surface area (Å²) in [5.41, 5.74) is 3.86. The lowest BCUT2D eigenvalue weighted by atomic mass is 9.74. The lowest BCUT2D eigenvalue weighted by Crippen LogP contribution is -2.47. The minimum atomic E-state index is 0. The molecule has 0 amide bonds. The summed E-state index contributed by atoms with van der Waals surface area (Å²) in [6.45, 7) is 5.23. The second-order valence-corrected chi connectivity index (χ2v) is 7.39. The zero-order chi connectivity index (χ0) is 19.8. The van der Waals surface area contributed by atoms with Crippen molar-refractivity contribution >= 4 is 29.9 Å². The molecule has 0 aliphatic carbocycles. The van der Waals surface area contributed by atoms with E-state index in [1.165, 1.54) is 16.7 Å². The van der Waals surface area contributed by atoms with Gasteiger partial charge in [-0.25, -0.2) is 0 Å². The van der Waals surface area contributed by atoms with Crippen molar-refractivity contribution < 1.29 is 9.47 Å². The summed E-state index contributed by atoms with van der Waals surface area (Å²) < 4.78 is 11.0. The molecular weight excluding hydrogens is 477 g/mol. The third kappa shape index (κ3) is 6.34. The maximum Gasteiger partial charge on any atom is 0.191 e. The molecule has 1 heterocycles. The van der Waals surface area contributed by atoms with Gasteiger partial charge in [0.25, 0.3) is 0 Å². The first kappa shape index (κ1) is 23.5. The Hall–Kier alpha value is -1.80. The fourth-order valence-electron chi connectivity index (χ4n) is 3.64. The van der Waals surface area contributed by atoms with Gasteiger partial charge in [-0.1, -0.05) is 42.0 Å². The van der Waals surface area contributed by atoms with Crippen LogP contribution >= 0.6 is 24.0 Å². The molecule has 0 spiro atoms. The zero-order valence-corrected chi connectivity index (χ0v) is 19.9. The van der Waals surface area contributed by atoms with E-state index in [1.54, 1.807) is 7.11 Å². The van der Waals surface area contributed by atoms with Crippen LogP contribution in [0.3, 0.4) is 0 Å². The van der Waals surface area contributed by atoms with Crippen LogP contribution in [0.2, 0.25) is 0 Å². The van der Waals surface area contributed by atoms with Gasteiger partial charge in [-0.3, -0.25) is 4.99 Å². The highest BCUT2D eigenvalue weighted by atomic mass is 127. The van der Waals surface area contributed by atoms with Crippen molar-refractivity contribution in [3.63, 3.8) is 0 Å². The standard InChI is InChI=1S/C23H31N3O2.HI/c1-18-4-6-19(7-5-18)16-25-22(24-2)26-17-23(12-14-28-15-13-23)20-8-10-21(27-3)11-9-20;/h4-11H,12-17H2,1-3H3,(H2,24,25,26);1H. The van der Waals surface area contributed by atoms with Crippen molar-refractivity contribution in [3.8, 4) is 5.75 Å². The largest absolute Gasteiger partial charge is 0.497 e. The molecule has 0 aromatic heterocycles. The fourth-order valence-corrected chi connectivity index (χ4v) is 3.64. The summed E-state index contributed by atoms with van der Waals surface area (Å²) in [5.74, 6) is 1.70. The monoisotopic (exact) mass is 509 g/mol. The number of guanidine groups is 1. The van der Waals surface area contributed by atoms with Gasteiger partial charge in [0.05, 0.1) is 7.11 Å². The first-order valence-corrected chi connectivity index (χ1v) is 9.87. The predicted octanol–water partition coefficient (Wildman–Crippen LogP) is 4.04.